The topological polar surface area (TPSA) is 60.7 Å². The maximum absolute atomic E-state index is 10.2. The van der Waals surface area contributed by atoms with Crippen molar-refractivity contribution >= 4 is 0 Å². The minimum absolute atomic E-state index is 0.215. The summed E-state index contributed by atoms with van der Waals surface area (Å²) in [5.74, 6) is 2.63. The Kier molecular flexibility index (Phi) is 12.8. The van der Waals surface area contributed by atoms with Crippen LogP contribution in [0.25, 0.3) is 0 Å². The molecule has 3 N–H and O–H groups in total. The van der Waals surface area contributed by atoms with Crippen LogP contribution in [0.1, 0.15) is 113 Å². The van der Waals surface area contributed by atoms with Gasteiger partial charge in [0, 0.05) is 7.11 Å². The molecule has 5 unspecified atom stereocenters. The Hall–Kier alpha value is -0.900. The van der Waals surface area contributed by atoms with E-state index in [2.05, 4.69) is 39.5 Å². The van der Waals surface area contributed by atoms with Gasteiger partial charge in [0.05, 0.1) is 11.7 Å². The third-order valence-corrected chi connectivity index (χ3v) is 8.76. The lowest BCUT2D eigenvalue weighted by Gasteiger charge is -2.44. The van der Waals surface area contributed by atoms with Crippen LogP contribution in [0.4, 0.5) is 0 Å². The van der Waals surface area contributed by atoms with Crippen molar-refractivity contribution in [3.8, 4) is 0 Å². The third kappa shape index (κ3) is 8.07. The summed E-state index contributed by atoms with van der Waals surface area (Å²) >= 11 is 0. The summed E-state index contributed by atoms with van der Waals surface area (Å²) in [6.45, 7) is 19.4. The molecule has 3 rings (SSSR count). The van der Waals surface area contributed by atoms with Crippen LogP contribution in [0.3, 0.4) is 0 Å². The summed E-state index contributed by atoms with van der Waals surface area (Å²) in [5, 5.41) is 27.2. The summed E-state index contributed by atoms with van der Waals surface area (Å²) in [7, 11) is 1.00. The van der Waals surface area contributed by atoms with Gasteiger partial charge in [0.25, 0.3) is 0 Å². The van der Waals surface area contributed by atoms with Crippen LogP contribution in [0.15, 0.2) is 35.5 Å². The second-order valence-electron chi connectivity index (χ2n) is 11.7. The molecule has 0 bridgehead atoms. The van der Waals surface area contributed by atoms with Crippen molar-refractivity contribution in [2.75, 3.05) is 7.11 Å². The summed E-state index contributed by atoms with van der Waals surface area (Å²) in [6, 6.07) is 0. The first-order chi connectivity index (χ1) is 16.0. The monoisotopic (exact) mass is 476 g/mol. The van der Waals surface area contributed by atoms with Crippen LogP contribution in [0, 0.1) is 29.1 Å². The minimum Gasteiger partial charge on any atom is -0.400 e. The van der Waals surface area contributed by atoms with Crippen LogP contribution in [-0.4, -0.2) is 34.1 Å². The van der Waals surface area contributed by atoms with Crippen molar-refractivity contribution in [3.05, 3.63) is 35.5 Å². The van der Waals surface area contributed by atoms with Gasteiger partial charge in [-0.3, -0.25) is 0 Å². The standard InChI is InChI=1S/C28H46O2.C2H6.CH4O/c1-19(9-7-15-27(4,5)30)25-13-14-26-22(10-8-16-28(25,26)6)11-12-23-18-24(29)17-20(2)21(23)3;2*1-2/h11-12,19-20,24-26,29-30H,3,7-10,13-18H2,1-2,4-6H3;1-2H3;2H,1H3/b22-11+,23-12-;;/t19-,20?,24?,25?,26?,28?;;/m1../s1. The van der Waals surface area contributed by atoms with Crippen molar-refractivity contribution in [1.29, 1.82) is 0 Å². The molecule has 34 heavy (non-hydrogen) atoms. The highest BCUT2D eigenvalue weighted by molar-refractivity contribution is 5.37. The van der Waals surface area contributed by atoms with E-state index < -0.39 is 5.60 Å². The molecule has 3 fully saturated rings. The molecule has 0 spiro atoms. The van der Waals surface area contributed by atoms with Crippen LogP contribution >= 0.6 is 0 Å². The molecular weight excluding hydrogens is 420 g/mol. The lowest BCUT2D eigenvalue weighted by atomic mass is 9.60. The van der Waals surface area contributed by atoms with Crippen molar-refractivity contribution in [2.24, 2.45) is 29.1 Å². The molecule has 0 radical (unpaired) electrons. The average molecular weight is 477 g/mol. The molecule has 0 saturated heterocycles. The van der Waals surface area contributed by atoms with E-state index in [4.69, 9.17) is 5.11 Å². The molecule has 0 aromatic rings. The molecule has 6 atom stereocenters. The van der Waals surface area contributed by atoms with Gasteiger partial charge in [-0.25, -0.2) is 0 Å². The highest BCUT2D eigenvalue weighted by Crippen LogP contribution is 2.60. The minimum atomic E-state index is -0.537. The van der Waals surface area contributed by atoms with E-state index >= 15 is 0 Å². The Labute approximate surface area is 211 Å². The fourth-order valence-electron chi connectivity index (χ4n) is 6.99. The molecule has 3 saturated carbocycles. The number of aliphatic hydroxyl groups is 3. The molecule has 0 aromatic carbocycles. The predicted octanol–water partition coefficient (Wildman–Crippen LogP) is 7.61. The molecule has 3 heteroatoms. The second-order valence-corrected chi connectivity index (χ2v) is 11.7. The van der Waals surface area contributed by atoms with E-state index in [0.29, 0.717) is 17.3 Å². The lowest BCUT2D eigenvalue weighted by Crippen LogP contribution is -2.36. The van der Waals surface area contributed by atoms with E-state index in [1.807, 2.05) is 27.7 Å². The summed E-state index contributed by atoms with van der Waals surface area (Å²) in [5.41, 5.74) is 4.01. The van der Waals surface area contributed by atoms with Gasteiger partial charge < -0.3 is 15.3 Å². The highest BCUT2D eigenvalue weighted by Gasteiger charge is 2.50. The van der Waals surface area contributed by atoms with Gasteiger partial charge in [-0.15, -0.1) is 0 Å². The van der Waals surface area contributed by atoms with Crippen LogP contribution in [0.2, 0.25) is 0 Å². The highest BCUT2D eigenvalue weighted by atomic mass is 16.3. The summed E-state index contributed by atoms with van der Waals surface area (Å²) in [6.07, 6.45) is 15.9. The molecule has 3 aliphatic rings. The first-order valence-corrected chi connectivity index (χ1v) is 13.9. The fraction of sp³-hybridized carbons (Fsp3) is 0.806. The van der Waals surface area contributed by atoms with Crippen molar-refractivity contribution < 1.29 is 15.3 Å². The van der Waals surface area contributed by atoms with Gasteiger partial charge in [0.15, 0.2) is 0 Å². The van der Waals surface area contributed by atoms with Crippen LogP contribution in [0.5, 0.6) is 0 Å². The van der Waals surface area contributed by atoms with Crippen molar-refractivity contribution in [2.45, 2.75) is 124 Å². The van der Waals surface area contributed by atoms with Crippen LogP contribution < -0.4 is 0 Å². The van der Waals surface area contributed by atoms with Crippen molar-refractivity contribution in [1.82, 2.24) is 0 Å². The lowest BCUT2D eigenvalue weighted by molar-refractivity contribution is 0.0596. The maximum atomic E-state index is 10.2. The summed E-state index contributed by atoms with van der Waals surface area (Å²) in [4.78, 5) is 0. The van der Waals surface area contributed by atoms with Gasteiger partial charge >= 0.3 is 0 Å². The number of hydrogen-bond acceptors (Lipinski definition) is 3. The molecule has 0 aromatic heterocycles. The van der Waals surface area contributed by atoms with Gasteiger partial charge in [0.1, 0.15) is 0 Å². The molecule has 3 aliphatic carbocycles. The zero-order valence-electron chi connectivity index (χ0n) is 23.7. The zero-order chi connectivity index (χ0) is 26.1. The Balaban J connectivity index is 0.00000137. The van der Waals surface area contributed by atoms with Crippen LogP contribution in [-0.2, 0) is 0 Å². The Bertz CT molecular complexity index is 683. The molecular formula is C31H56O3. The summed E-state index contributed by atoms with van der Waals surface area (Å²) < 4.78 is 0. The number of aliphatic hydroxyl groups excluding tert-OH is 2. The predicted molar refractivity (Wildman–Crippen MR) is 147 cm³/mol. The molecule has 0 aliphatic heterocycles. The van der Waals surface area contributed by atoms with E-state index in [-0.39, 0.29) is 6.10 Å². The Morgan fingerprint density at radius 3 is 2.44 bits per heavy atom. The Morgan fingerprint density at radius 1 is 1.18 bits per heavy atom. The number of hydrogen-bond donors (Lipinski definition) is 3. The second kappa shape index (κ2) is 14.0. The number of fused-ring (bicyclic) bond motifs is 1. The Morgan fingerprint density at radius 2 is 1.82 bits per heavy atom. The van der Waals surface area contributed by atoms with E-state index in [1.54, 1.807) is 5.57 Å². The van der Waals surface area contributed by atoms with Gasteiger partial charge in [0.2, 0.25) is 0 Å². The smallest absolute Gasteiger partial charge is 0.0591 e. The van der Waals surface area contributed by atoms with Gasteiger partial charge in [-0.05, 0) is 105 Å². The quantitative estimate of drug-likeness (QED) is 0.369. The first kappa shape index (κ1) is 31.1. The van der Waals surface area contributed by atoms with E-state index in [1.165, 1.54) is 49.7 Å². The van der Waals surface area contributed by atoms with E-state index in [9.17, 15) is 10.2 Å². The molecule has 0 amide bonds. The number of allylic oxidation sites excluding steroid dienone is 4. The average Bonchev–Trinajstić information content (AvgIpc) is 3.14. The largest absolute Gasteiger partial charge is 0.400 e. The maximum Gasteiger partial charge on any atom is 0.0591 e. The molecule has 3 nitrogen and oxygen atoms in total. The van der Waals surface area contributed by atoms with Gasteiger partial charge in [-0.1, -0.05) is 71.8 Å². The SMILES string of the molecule is C=C1/C(=C\C=C2/CCCC3(C)C2CCC3[C@H](C)CCCC(C)(C)O)CC(O)CC1C.CC.CO. The normalized spacial score (nSPS) is 34.6. The number of rotatable bonds is 6. The van der Waals surface area contributed by atoms with Crippen molar-refractivity contribution in [3.63, 3.8) is 0 Å². The van der Waals surface area contributed by atoms with Gasteiger partial charge in [-0.2, -0.15) is 0 Å². The molecule has 0 heterocycles. The molecule has 198 valence electrons. The fourth-order valence-corrected chi connectivity index (χ4v) is 6.99. The zero-order valence-corrected chi connectivity index (χ0v) is 23.7. The first-order valence-electron chi connectivity index (χ1n) is 13.9. The van der Waals surface area contributed by atoms with E-state index in [0.717, 1.165) is 44.6 Å². The third-order valence-electron chi connectivity index (χ3n) is 8.76.